The van der Waals surface area contributed by atoms with E-state index >= 15 is 0 Å². The molecule has 0 fully saturated rings. The summed E-state index contributed by atoms with van der Waals surface area (Å²) in [6.45, 7) is 10.3. The van der Waals surface area contributed by atoms with E-state index in [0.717, 1.165) is 29.8 Å². The third-order valence-corrected chi connectivity index (χ3v) is 4.71. The average Bonchev–Trinajstić information content (AvgIpc) is 2.98. The van der Waals surface area contributed by atoms with Crippen LogP contribution in [-0.2, 0) is 0 Å². The number of rotatable bonds is 5. The summed E-state index contributed by atoms with van der Waals surface area (Å²) in [6, 6.07) is 19.0. The van der Waals surface area contributed by atoms with E-state index in [1.165, 1.54) is 22.3 Å². The zero-order valence-corrected chi connectivity index (χ0v) is 18.4. The van der Waals surface area contributed by atoms with E-state index in [2.05, 4.69) is 99.7 Å². The van der Waals surface area contributed by atoms with Gasteiger partial charge in [-0.05, 0) is 56.9 Å². The number of aliphatic imine (C=N–C) groups is 1. The van der Waals surface area contributed by atoms with Crippen molar-refractivity contribution in [3.63, 3.8) is 0 Å². The molecule has 1 heterocycles. The number of nitrogens with zero attached hydrogens (tertiary/aromatic N) is 1. The van der Waals surface area contributed by atoms with Gasteiger partial charge < -0.3 is 0 Å². The Kier molecular flexibility index (Phi) is 9.11. The molecule has 0 aromatic heterocycles. The normalized spacial score (nSPS) is 14.4. The van der Waals surface area contributed by atoms with Crippen molar-refractivity contribution in [2.75, 3.05) is 0 Å². The molecular formula is C28H33N. The summed E-state index contributed by atoms with van der Waals surface area (Å²) in [4.78, 5) is 5.05. The fraction of sp³-hybridized carbons (Fsp3) is 0.250. The summed E-state index contributed by atoms with van der Waals surface area (Å²) in [5.41, 5.74) is 8.39. The van der Waals surface area contributed by atoms with Crippen LogP contribution >= 0.6 is 0 Å². The lowest BCUT2D eigenvalue weighted by molar-refractivity contribution is 1.07. The molecule has 0 atom stereocenters. The highest BCUT2D eigenvalue weighted by atomic mass is 14.8. The van der Waals surface area contributed by atoms with E-state index < -0.39 is 0 Å². The summed E-state index contributed by atoms with van der Waals surface area (Å²) in [5.74, 6) is 0. The molecule has 0 unspecified atom stereocenters. The molecular weight excluding hydrogens is 350 g/mol. The first kappa shape index (κ1) is 22.4. The second-order valence-electron chi connectivity index (χ2n) is 6.87. The molecule has 2 aromatic carbocycles. The quantitative estimate of drug-likeness (QED) is 0.463. The molecule has 1 nitrogen and oxygen atoms in total. The van der Waals surface area contributed by atoms with Crippen molar-refractivity contribution < 1.29 is 0 Å². The van der Waals surface area contributed by atoms with Crippen LogP contribution in [0.2, 0.25) is 0 Å². The lowest BCUT2D eigenvalue weighted by atomic mass is 9.98. The molecule has 0 aliphatic carbocycles. The smallest absolute Gasteiger partial charge is 0.0709 e. The van der Waals surface area contributed by atoms with Crippen LogP contribution in [0.25, 0.3) is 5.70 Å². The predicted molar refractivity (Wildman–Crippen MR) is 129 cm³/mol. The van der Waals surface area contributed by atoms with Crippen LogP contribution in [0.5, 0.6) is 0 Å². The summed E-state index contributed by atoms with van der Waals surface area (Å²) < 4.78 is 0. The minimum absolute atomic E-state index is 0.915. The first-order valence-electron chi connectivity index (χ1n) is 10.6. The van der Waals surface area contributed by atoms with Crippen LogP contribution in [0.4, 0.5) is 0 Å². The lowest BCUT2D eigenvalue weighted by Crippen LogP contribution is -1.99. The molecule has 0 amide bonds. The molecule has 3 rings (SSSR count). The van der Waals surface area contributed by atoms with Gasteiger partial charge in [0.2, 0.25) is 0 Å². The van der Waals surface area contributed by atoms with E-state index in [0.29, 0.717) is 0 Å². The van der Waals surface area contributed by atoms with Gasteiger partial charge in [-0.25, -0.2) is 4.99 Å². The van der Waals surface area contributed by atoms with Gasteiger partial charge in [0.1, 0.15) is 0 Å². The Labute approximate surface area is 176 Å². The van der Waals surface area contributed by atoms with Gasteiger partial charge in [-0.1, -0.05) is 97.8 Å². The Morgan fingerprint density at radius 2 is 1.69 bits per heavy atom. The SMILES string of the molecule is C/C=C\C(=C/C)CC1=CC(c2cccc(C)c2)=NC(c2ccccc2)=CC1.CC. The van der Waals surface area contributed by atoms with Crippen LogP contribution in [0.3, 0.4) is 0 Å². The minimum Gasteiger partial charge on any atom is -0.248 e. The summed E-state index contributed by atoms with van der Waals surface area (Å²) >= 11 is 0. The lowest BCUT2D eigenvalue weighted by Gasteiger charge is -2.07. The Morgan fingerprint density at radius 1 is 0.966 bits per heavy atom. The second-order valence-corrected chi connectivity index (χ2v) is 6.87. The third kappa shape index (κ3) is 6.57. The van der Waals surface area contributed by atoms with Gasteiger partial charge in [-0.2, -0.15) is 0 Å². The molecule has 1 aliphatic heterocycles. The number of hydrogen-bond acceptors (Lipinski definition) is 1. The highest BCUT2D eigenvalue weighted by molar-refractivity contribution is 6.11. The van der Waals surface area contributed by atoms with Gasteiger partial charge >= 0.3 is 0 Å². The molecule has 0 N–H and O–H groups in total. The topological polar surface area (TPSA) is 12.4 Å². The van der Waals surface area contributed by atoms with Crippen LogP contribution in [0.1, 0.15) is 57.2 Å². The molecule has 1 heteroatoms. The van der Waals surface area contributed by atoms with Crippen LogP contribution in [0, 0.1) is 6.92 Å². The number of aryl methyl sites for hydroxylation is 1. The first-order chi connectivity index (χ1) is 14.2. The van der Waals surface area contributed by atoms with Crippen LogP contribution < -0.4 is 0 Å². The average molecular weight is 384 g/mol. The van der Waals surface area contributed by atoms with Crippen molar-refractivity contribution >= 4 is 11.4 Å². The molecule has 150 valence electrons. The van der Waals surface area contributed by atoms with Crippen molar-refractivity contribution in [3.8, 4) is 0 Å². The van der Waals surface area contributed by atoms with Gasteiger partial charge in [-0.15, -0.1) is 0 Å². The highest BCUT2D eigenvalue weighted by Gasteiger charge is 2.11. The van der Waals surface area contributed by atoms with E-state index in [4.69, 9.17) is 4.99 Å². The first-order valence-corrected chi connectivity index (χ1v) is 10.6. The maximum atomic E-state index is 5.05. The summed E-state index contributed by atoms with van der Waals surface area (Å²) in [6.07, 6.45) is 12.9. The van der Waals surface area contributed by atoms with Gasteiger partial charge in [0.15, 0.2) is 0 Å². The van der Waals surface area contributed by atoms with Crippen molar-refractivity contribution in [2.24, 2.45) is 4.99 Å². The third-order valence-electron chi connectivity index (χ3n) is 4.71. The van der Waals surface area contributed by atoms with E-state index in [9.17, 15) is 0 Å². The molecule has 1 aliphatic rings. The number of benzene rings is 2. The summed E-state index contributed by atoms with van der Waals surface area (Å²) in [7, 11) is 0. The molecule has 0 bridgehead atoms. The van der Waals surface area contributed by atoms with E-state index in [1.54, 1.807) is 0 Å². The van der Waals surface area contributed by atoms with Crippen LogP contribution in [0.15, 0.2) is 101 Å². The maximum absolute atomic E-state index is 5.05. The summed E-state index contributed by atoms with van der Waals surface area (Å²) in [5, 5.41) is 0. The monoisotopic (exact) mass is 383 g/mol. The Bertz CT molecular complexity index is 937. The van der Waals surface area contributed by atoms with Gasteiger partial charge in [0, 0.05) is 5.56 Å². The van der Waals surface area contributed by atoms with Crippen molar-refractivity contribution in [3.05, 3.63) is 113 Å². The zero-order valence-electron chi connectivity index (χ0n) is 18.4. The van der Waals surface area contributed by atoms with Crippen molar-refractivity contribution in [1.82, 2.24) is 0 Å². The molecule has 2 aromatic rings. The molecule has 29 heavy (non-hydrogen) atoms. The Hall–Kier alpha value is -2.93. The number of allylic oxidation sites excluding steroid dienone is 7. The molecule has 0 saturated heterocycles. The largest absolute Gasteiger partial charge is 0.248 e. The second kappa shape index (κ2) is 11.8. The van der Waals surface area contributed by atoms with Crippen LogP contribution in [-0.4, -0.2) is 5.71 Å². The highest BCUT2D eigenvalue weighted by Crippen LogP contribution is 2.26. The van der Waals surface area contributed by atoms with E-state index in [-0.39, 0.29) is 0 Å². The molecule has 0 saturated carbocycles. The van der Waals surface area contributed by atoms with Gasteiger partial charge in [-0.3, -0.25) is 0 Å². The standard InChI is InChI=1S/C26H27N.C2H6/c1-4-10-21(5-2)18-22-15-16-25(23-12-7-6-8-13-23)27-26(19-22)24-14-9-11-20(3)17-24;1-2/h4-14,16-17,19H,15,18H2,1-3H3;1-2H3/b10-4-,21-5+;. The fourth-order valence-corrected chi connectivity index (χ4v) is 3.29. The molecule has 0 spiro atoms. The zero-order chi connectivity index (χ0) is 21.1. The van der Waals surface area contributed by atoms with Gasteiger partial charge in [0.05, 0.1) is 11.4 Å². The Morgan fingerprint density at radius 3 is 2.34 bits per heavy atom. The Balaban J connectivity index is 0.00000145. The van der Waals surface area contributed by atoms with E-state index in [1.807, 2.05) is 19.9 Å². The predicted octanol–water partition coefficient (Wildman–Crippen LogP) is 8.09. The fourth-order valence-electron chi connectivity index (χ4n) is 3.29. The van der Waals surface area contributed by atoms with Crippen molar-refractivity contribution in [2.45, 2.75) is 47.5 Å². The molecule has 0 radical (unpaired) electrons. The van der Waals surface area contributed by atoms with Crippen molar-refractivity contribution in [1.29, 1.82) is 0 Å². The maximum Gasteiger partial charge on any atom is 0.0709 e. The van der Waals surface area contributed by atoms with Gasteiger partial charge in [0.25, 0.3) is 0 Å². The minimum atomic E-state index is 0.915. The number of hydrogen-bond donors (Lipinski definition) is 0.